The van der Waals surface area contributed by atoms with Crippen molar-refractivity contribution in [3.8, 4) is 0 Å². The van der Waals surface area contributed by atoms with Crippen molar-refractivity contribution in [2.75, 3.05) is 11.9 Å². The van der Waals surface area contributed by atoms with Gasteiger partial charge in [-0.3, -0.25) is 4.98 Å². The number of rotatable bonds is 2. The third-order valence-electron chi connectivity index (χ3n) is 2.13. The highest BCUT2D eigenvalue weighted by Crippen LogP contribution is 2.19. The molecule has 1 aromatic carbocycles. The molecule has 15 heavy (non-hydrogen) atoms. The summed E-state index contributed by atoms with van der Waals surface area (Å²) in [6, 6.07) is 9.94. The summed E-state index contributed by atoms with van der Waals surface area (Å²) in [7, 11) is 1.93. The second-order valence-corrected chi connectivity index (χ2v) is 3.20. The number of aromatic nitrogens is 2. The molecule has 0 aliphatic heterocycles. The van der Waals surface area contributed by atoms with Crippen molar-refractivity contribution in [1.29, 1.82) is 0 Å². The Morgan fingerprint density at radius 1 is 1.13 bits per heavy atom. The van der Waals surface area contributed by atoms with Crippen LogP contribution in [-0.2, 0) is 0 Å². The van der Waals surface area contributed by atoms with Gasteiger partial charge >= 0.3 is 0 Å². The molecule has 0 unspecified atom stereocenters. The van der Waals surface area contributed by atoms with Gasteiger partial charge in [-0.25, -0.2) is 4.98 Å². The van der Waals surface area contributed by atoms with E-state index in [9.17, 15) is 0 Å². The SMILES string of the molecule is [CH]c1cncc(N(C)c2ccccc2)n1. The lowest BCUT2D eigenvalue weighted by Crippen LogP contribution is -2.11. The number of hydrogen-bond acceptors (Lipinski definition) is 3. The smallest absolute Gasteiger partial charge is 0.151 e. The number of anilines is 2. The summed E-state index contributed by atoms with van der Waals surface area (Å²) < 4.78 is 0. The molecule has 0 atom stereocenters. The lowest BCUT2D eigenvalue weighted by atomic mass is 10.3. The Labute approximate surface area is 89.4 Å². The minimum atomic E-state index is 0.426. The topological polar surface area (TPSA) is 29.0 Å². The zero-order chi connectivity index (χ0) is 10.7. The van der Waals surface area contributed by atoms with E-state index in [0.717, 1.165) is 11.5 Å². The van der Waals surface area contributed by atoms with E-state index >= 15 is 0 Å². The third kappa shape index (κ3) is 2.13. The fourth-order valence-electron chi connectivity index (χ4n) is 1.32. The van der Waals surface area contributed by atoms with Crippen LogP contribution < -0.4 is 4.90 Å². The van der Waals surface area contributed by atoms with Crippen molar-refractivity contribution < 1.29 is 0 Å². The Hall–Kier alpha value is -1.90. The van der Waals surface area contributed by atoms with Crippen molar-refractivity contribution in [3.63, 3.8) is 0 Å². The van der Waals surface area contributed by atoms with E-state index in [1.54, 1.807) is 6.20 Å². The van der Waals surface area contributed by atoms with Gasteiger partial charge in [-0.2, -0.15) is 0 Å². The molecule has 1 aromatic heterocycles. The molecule has 3 nitrogen and oxygen atoms in total. The Bertz CT molecular complexity index is 440. The van der Waals surface area contributed by atoms with Crippen LogP contribution in [0.15, 0.2) is 42.7 Å². The first kappa shape index (κ1) is 9.65. The Morgan fingerprint density at radius 3 is 2.53 bits per heavy atom. The van der Waals surface area contributed by atoms with Gasteiger partial charge in [0.1, 0.15) is 0 Å². The van der Waals surface area contributed by atoms with E-state index < -0.39 is 0 Å². The van der Waals surface area contributed by atoms with E-state index in [0.29, 0.717) is 5.69 Å². The van der Waals surface area contributed by atoms with E-state index in [4.69, 9.17) is 6.92 Å². The molecule has 0 aliphatic rings. The average Bonchev–Trinajstić information content (AvgIpc) is 2.29. The zero-order valence-corrected chi connectivity index (χ0v) is 8.46. The average molecular weight is 197 g/mol. The van der Waals surface area contributed by atoms with Gasteiger partial charge in [0.15, 0.2) is 5.82 Å². The van der Waals surface area contributed by atoms with E-state index in [-0.39, 0.29) is 0 Å². The first-order chi connectivity index (χ1) is 7.27. The lowest BCUT2D eigenvalue weighted by Gasteiger charge is -2.17. The Kier molecular flexibility index (Phi) is 2.63. The summed E-state index contributed by atoms with van der Waals surface area (Å²) in [6.07, 6.45) is 3.21. The summed E-state index contributed by atoms with van der Waals surface area (Å²) >= 11 is 0. The highest BCUT2D eigenvalue weighted by Gasteiger charge is 2.04. The number of nitrogens with zero attached hydrogens (tertiary/aromatic N) is 3. The van der Waals surface area contributed by atoms with Gasteiger partial charge in [-0.15, -0.1) is 0 Å². The van der Waals surface area contributed by atoms with Crippen LogP contribution in [0.25, 0.3) is 0 Å². The fourth-order valence-corrected chi connectivity index (χ4v) is 1.32. The van der Waals surface area contributed by atoms with Gasteiger partial charge in [0.2, 0.25) is 0 Å². The van der Waals surface area contributed by atoms with Gasteiger partial charge in [-0.05, 0) is 12.1 Å². The summed E-state index contributed by atoms with van der Waals surface area (Å²) in [5.41, 5.74) is 1.48. The maximum Gasteiger partial charge on any atom is 0.151 e. The summed E-state index contributed by atoms with van der Waals surface area (Å²) in [5, 5.41) is 0. The number of hydrogen-bond donors (Lipinski definition) is 0. The predicted octanol–water partition coefficient (Wildman–Crippen LogP) is 2.30. The highest BCUT2D eigenvalue weighted by atomic mass is 15.2. The van der Waals surface area contributed by atoms with Crippen LogP contribution >= 0.6 is 0 Å². The third-order valence-corrected chi connectivity index (χ3v) is 2.13. The van der Waals surface area contributed by atoms with Crippen molar-refractivity contribution in [2.24, 2.45) is 0 Å². The minimum Gasteiger partial charge on any atom is -0.328 e. The minimum absolute atomic E-state index is 0.426. The molecule has 0 amide bonds. The molecule has 2 aromatic rings. The molecule has 2 radical (unpaired) electrons. The molecule has 3 heteroatoms. The van der Waals surface area contributed by atoms with Gasteiger partial charge in [-0.1, -0.05) is 18.2 Å². The molecule has 74 valence electrons. The largest absolute Gasteiger partial charge is 0.328 e. The molecular formula is C12H11N3. The fraction of sp³-hybridized carbons (Fsp3) is 0.0833. The second kappa shape index (κ2) is 4.09. The van der Waals surface area contributed by atoms with Gasteiger partial charge in [0, 0.05) is 25.9 Å². The maximum absolute atomic E-state index is 5.57. The van der Waals surface area contributed by atoms with Crippen molar-refractivity contribution in [1.82, 2.24) is 9.97 Å². The van der Waals surface area contributed by atoms with E-state index in [1.807, 2.05) is 42.3 Å². The predicted molar refractivity (Wildman–Crippen MR) is 59.9 cm³/mol. The first-order valence-corrected chi connectivity index (χ1v) is 4.63. The molecule has 1 heterocycles. The molecule has 0 N–H and O–H groups in total. The van der Waals surface area contributed by atoms with Crippen LogP contribution in [0.1, 0.15) is 5.69 Å². The van der Waals surface area contributed by atoms with Crippen molar-refractivity contribution in [3.05, 3.63) is 55.3 Å². The van der Waals surface area contributed by atoms with Crippen molar-refractivity contribution >= 4 is 11.5 Å². The maximum atomic E-state index is 5.57. The quantitative estimate of drug-likeness (QED) is 0.739. The lowest BCUT2D eigenvalue weighted by molar-refractivity contribution is 1.07. The molecule has 0 saturated heterocycles. The standard InChI is InChI=1S/C12H11N3/c1-10-8-13-9-12(14-10)15(2)11-6-4-3-5-7-11/h1,3-9H,2H3. The molecule has 0 fully saturated rings. The van der Waals surface area contributed by atoms with Crippen LogP contribution in [0, 0.1) is 6.92 Å². The number of benzene rings is 1. The van der Waals surface area contributed by atoms with Gasteiger partial charge < -0.3 is 4.90 Å². The molecular weight excluding hydrogens is 186 g/mol. The highest BCUT2D eigenvalue weighted by molar-refractivity contribution is 5.57. The normalized spacial score (nSPS) is 10.0. The number of para-hydroxylation sites is 1. The monoisotopic (exact) mass is 197 g/mol. The van der Waals surface area contributed by atoms with Crippen LogP contribution in [0.3, 0.4) is 0 Å². The van der Waals surface area contributed by atoms with E-state index in [2.05, 4.69) is 9.97 Å². The molecule has 0 bridgehead atoms. The Balaban J connectivity index is 2.32. The van der Waals surface area contributed by atoms with Crippen LogP contribution in [0.2, 0.25) is 0 Å². The first-order valence-electron chi connectivity index (χ1n) is 4.63. The van der Waals surface area contributed by atoms with Crippen molar-refractivity contribution in [2.45, 2.75) is 0 Å². The summed E-state index contributed by atoms with van der Waals surface area (Å²) in [4.78, 5) is 10.1. The molecule has 0 saturated carbocycles. The van der Waals surface area contributed by atoms with E-state index in [1.165, 1.54) is 6.20 Å². The van der Waals surface area contributed by atoms with Crippen LogP contribution in [0.4, 0.5) is 11.5 Å². The summed E-state index contributed by atoms with van der Waals surface area (Å²) in [5.74, 6) is 0.737. The van der Waals surface area contributed by atoms with Gasteiger partial charge in [0.25, 0.3) is 0 Å². The molecule has 0 spiro atoms. The second-order valence-electron chi connectivity index (χ2n) is 3.20. The van der Waals surface area contributed by atoms with Gasteiger partial charge in [0.05, 0.1) is 11.9 Å². The summed E-state index contributed by atoms with van der Waals surface area (Å²) in [6.45, 7) is 5.57. The zero-order valence-electron chi connectivity index (χ0n) is 8.46. The molecule has 2 rings (SSSR count). The molecule has 0 aliphatic carbocycles. The van der Waals surface area contributed by atoms with Crippen LogP contribution in [0.5, 0.6) is 0 Å². The van der Waals surface area contributed by atoms with Crippen LogP contribution in [-0.4, -0.2) is 17.0 Å². The Morgan fingerprint density at radius 2 is 1.87 bits per heavy atom.